The van der Waals surface area contributed by atoms with Crippen LogP contribution < -0.4 is 0 Å². The molecule has 3 aromatic rings. The van der Waals surface area contributed by atoms with Crippen molar-refractivity contribution in [2.45, 2.75) is 84.0 Å². The first-order valence-electron chi connectivity index (χ1n) is 13.2. The lowest BCUT2D eigenvalue weighted by Crippen LogP contribution is -2.15. The van der Waals surface area contributed by atoms with Crippen molar-refractivity contribution in [2.75, 3.05) is 0 Å². The van der Waals surface area contributed by atoms with Gasteiger partial charge < -0.3 is 0 Å². The maximum absolute atomic E-state index is 15.1. The van der Waals surface area contributed by atoms with E-state index in [-0.39, 0.29) is 5.82 Å². The second-order valence-corrected chi connectivity index (χ2v) is 10.3. The molecule has 0 spiro atoms. The zero-order valence-electron chi connectivity index (χ0n) is 20.4. The van der Waals surface area contributed by atoms with Gasteiger partial charge in [-0.1, -0.05) is 94.7 Å². The van der Waals surface area contributed by atoms with Crippen LogP contribution in [0.2, 0.25) is 0 Å². The van der Waals surface area contributed by atoms with Crippen molar-refractivity contribution in [1.82, 2.24) is 0 Å². The van der Waals surface area contributed by atoms with E-state index < -0.39 is 11.6 Å². The van der Waals surface area contributed by atoms with Crippen LogP contribution in [0.25, 0.3) is 10.8 Å². The Labute approximate surface area is 202 Å². The molecule has 4 rings (SSSR count). The number of hydrogen-bond acceptors (Lipinski definition) is 0. The van der Waals surface area contributed by atoms with Gasteiger partial charge in [0.2, 0.25) is 0 Å². The summed E-state index contributed by atoms with van der Waals surface area (Å²) in [6.07, 6.45) is 14.2. The minimum atomic E-state index is -0.857. The Hall–Kier alpha value is -2.29. The normalized spacial score (nSPS) is 18.5. The van der Waals surface area contributed by atoms with Gasteiger partial charge >= 0.3 is 0 Å². The van der Waals surface area contributed by atoms with Crippen molar-refractivity contribution in [1.29, 1.82) is 0 Å². The van der Waals surface area contributed by atoms with E-state index in [9.17, 15) is 8.78 Å². The van der Waals surface area contributed by atoms with Gasteiger partial charge in [0, 0.05) is 5.39 Å². The minimum Gasteiger partial charge on any atom is -0.206 e. The highest BCUT2D eigenvalue weighted by Crippen LogP contribution is 2.34. The molecule has 0 nitrogen and oxygen atoms in total. The smallest absolute Gasteiger partial charge is 0.159 e. The fraction of sp³-hybridized carbons (Fsp3) is 0.484. The number of halogens is 3. The van der Waals surface area contributed by atoms with Gasteiger partial charge in [-0.25, -0.2) is 13.2 Å². The maximum atomic E-state index is 15.1. The molecular weight excluding hydrogens is 429 g/mol. The van der Waals surface area contributed by atoms with Crippen molar-refractivity contribution in [3.05, 3.63) is 82.7 Å². The monoisotopic (exact) mass is 466 g/mol. The highest BCUT2D eigenvalue weighted by molar-refractivity contribution is 5.84. The fourth-order valence-electron chi connectivity index (χ4n) is 5.57. The molecule has 0 saturated heterocycles. The summed E-state index contributed by atoms with van der Waals surface area (Å²) in [4.78, 5) is 0. The van der Waals surface area contributed by atoms with Crippen LogP contribution in [-0.2, 0) is 19.3 Å². The third kappa shape index (κ3) is 6.43. The molecule has 1 fully saturated rings. The Bertz CT molecular complexity index is 1080. The van der Waals surface area contributed by atoms with E-state index in [0.29, 0.717) is 29.4 Å². The molecule has 0 heterocycles. The van der Waals surface area contributed by atoms with Crippen molar-refractivity contribution < 1.29 is 13.2 Å². The van der Waals surface area contributed by atoms with Crippen LogP contribution in [0.4, 0.5) is 13.2 Å². The van der Waals surface area contributed by atoms with E-state index >= 15 is 4.39 Å². The summed E-state index contributed by atoms with van der Waals surface area (Å²) in [5.74, 6) is -0.139. The van der Waals surface area contributed by atoms with Crippen molar-refractivity contribution in [3.8, 4) is 0 Å². The molecule has 0 bridgehead atoms. The van der Waals surface area contributed by atoms with Crippen LogP contribution in [0.15, 0.2) is 48.5 Å². The minimum absolute atomic E-state index is 0.201. The highest BCUT2D eigenvalue weighted by atomic mass is 19.2. The first-order chi connectivity index (χ1) is 16.5. The second-order valence-electron chi connectivity index (χ2n) is 10.3. The number of fused-ring (bicyclic) bond motifs is 1. The topological polar surface area (TPSA) is 0 Å². The van der Waals surface area contributed by atoms with Crippen LogP contribution in [0.5, 0.6) is 0 Å². The zero-order chi connectivity index (χ0) is 23.9. The molecule has 0 aromatic heterocycles. The van der Waals surface area contributed by atoms with E-state index in [0.717, 1.165) is 29.7 Å². The predicted octanol–water partition coefficient (Wildman–Crippen LogP) is 9.36. The van der Waals surface area contributed by atoms with Gasteiger partial charge in [-0.15, -0.1) is 0 Å². The molecule has 0 N–H and O–H groups in total. The Morgan fingerprint density at radius 3 is 2.12 bits per heavy atom. The number of unbranched alkanes of at least 4 members (excludes halogenated alkanes) is 2. The standard InChI is InChI=1S/C31H37F3/c1-2-3-4-5-22-6-8-23(9-7-22)10-11-24-13-18-28-27(20-24)17-16-26(31(28)34)15-12-25-14-19-29(32)30(33)21-25/h13-14,16-23H,2-12,15H2,1H3. The highest BCUT2D eigenvalue weighted by Gasteiger charge is 2.20. The Kier molecular flexibility index (Phi) is 8.69. The van der Waals surface area contributed by atoms with E-state index in [4.69, 9.17) is 0 Å². The summed E-state index contributed by atoms with van der Waals surface area (Å²) >= 11 is 0. The van der Waals surface area contributed by atoms with E-state index in [1.54, 1.807) is 6.07 Å². The van der Waals surface area contributed by atoms with Gasteiger partial charge in [-0.05, 0) is 71.7 Å². The quantitative estimate of drug-likeness (QED) is 0.261. The van der Waals surface area contributed by atoms with Gasteiger partial charge in [0.1, 0.15) is 5.82 Å². The largest absolute Gasteiger partial charge is 0.206 e. The first-order valence-corrected chi connectivity index (χ1v) is 13.2. The van der Waals surface area contributed by atoms with Gasteiger partial charge in [-0.3, -0.25) is 0 Å². The van der Waals surface area contributed by atoms with E-state index in [1.807, 2.05) is 18.2 Å². The number of aryl methyl sites for hydroxylation is 3. The molecule has 1 aliphatic rings. The average Bonchev–Trinajstić information content (AvgIpc) is 2.85. The zero-order valence-corrected chi connectivity index (χ0v) is 20.4. The molecule has 3 aromatic carbocycles. The lowest BCUT2D eigenvalue weighted by molar-refractivity contribution is 0.249. The Morgan fingerprint density at radius 1 is 0.676 bits per heavy atom. The van der Waals surface area contributed by atoms with Gasteiger partial charge in [0.25, 0.3) is 0 Å². The molecule has 0 atom stereocenters. The summed E-state index contributed by atoms with van der Waals surface area (Å²) < 4.78 is 41.7. The number of hydrogen-bond donors (Lipinski definition) is 0. The molecule has 1 aliphatic carbocycles. The lowest BCUT2D eigenvalue weighted by atomic mass is 9.77. The third-order valence-corrected chi connectivity index (χ3v) is 7.79. The van der Waals surface area contributed by atoms with Crippen molar-refractivity contribution in [2.24, 2.45) is 11.8 Å². The van der Waals surface area contributed by atoms with Crippen LogP contribution in [0, 0.1) is 29.3 Å². The van der Waals surface area contributed by atoms with Gasteiger partial charge in [0.15, 0.2) is 11.6 Å². The van der Waals surface area contributed by atoms with Crippen LogP contribution in [-0.4, -0.2) is 0 Å². The molecular formula is C31H37F3. The lowest BCUT2D eigenvalue weighted by Gasteiger charge is -2.28. The van der Waals surface area contributed by atoms with Crippen molar-refractivity contribution >= 4 is 10.8 Å². The Balaban J connectivity index is 1.31. The first kappa shape index (κ1) is 24.8. The molecule has 182 valence electrons. The summed E-state index contributed by atoms with van der Waals surface area (Å²) in [6, 6.07) is 13.8. The van der Waals surface area contributed by atoms with Crippen LogP contribution >= 0.6 is 0 Å². The molecule has 3 heteroatoms. The van der Waals surface area contributed by atoms with Crippen LogP contribution in [0.1, 0.15) is 81.4 Å². The predicted molar refractivity (Wildman–Crippen MR) is 136 cm³/mol. The van der Waals surface area contributed by atoms with Crippen molar-refractivity contribution in [3.63, 3.8) is 0 Å². The Morgan fingerprint density at radius 2 is 1.38 bits per heavy atom. The SMILES string of the molecule is CCCCCC1CCC(CCc2ccc3c(F)c(CCc4ccc(F)c(F)c4)ccc3c2)CC1. The van der Waals surface area contributed by atoms with Gasteiger partial charge in [0.05, 0.1) is 0 Å². The molecule has 0 unspecified atom stereocenters. The average molecular weight is 467 g/mol. The maximum Gasteiger partial charge on any atom is 0.159 e. The second kappa shape index (κ2) is 11.9. The van der Waals surface area contributed by atoms with E-state index in [1.165, 1.54) is 69.4 Å². The summed E-state index contributed by atoms with van der Waals surface area (Å²) in [7, 11) is 0. The molecule has 34 heavy (non-hydrogen) atoms. The molecule has 0 amide bonds. The summed E-state index contributed by atoms with van der Waals surface area (Å²) in [5, 5.41) is 1.57. The number of benzene rings is 3. The molecule has 0 aliphatic heterocycles. The van der Waals surface area contributed by atoms with Crippen LogP contribution in [0.3, 0.4) is 0 Å². The molecule has 1 saturated carbocycles. The summed E-state index contributed by atoms with van der Waals surface area (Å²) in [6.45, 7) is 2.27. The van der Waals surface area contributed by atoms with Gasteiger partial charge in [-0.2, -0.15) is 0 Å². The fourth-order valence-corrected chi connectivity index (χ4v) is 5.57. The van der Waals surface area contributed by atoms with E-state index in [2.05, 4.69) is 19.1 Å². The third-order valence-electron chi connectivity index (χ3n) is 7.79. The molecule has 0 radical (unpaired) electrons. The number of rotatable bonds is 10. The summed E-state index contributed by atoms with van der Waals surface area (Å²) in [5.41, 5.74) is 2.57.